The number of anilines is 2. The lowest BCUT2D eigenvalue weighted by atomic mass is 10.1. The maximum atomic E-state index is 11.8. The Morgan fingerprint density at radius 2 is 1.11 bits per heavy atom. The molecule has 0 saturated carbocycles. The molecule has 10 nitrogen and oxygen atoms in total. The smallest absolute Gasteiger partial charge is 0.273 e. The molecule has 0 aliphatic heterocycles. The third-order valence-electron chi connectivity index (χ3n) is 5.07. The van der Waals surface area contributed by atoms with Gasteiger partial charge in [0.2, 0.25) is 0 Å². The van der Waals surface area contributed by atoms with Gasteiger partial charge >= 0.3 is 0 Å². The predicted octanol–water partition coefficient (Wildman–Crippen LogP) is 4.23. The van der Waals surface area contributed by atoms with Gasteiger partial charge in [-0.05, 0) is 56.8 Å². The van der Waals surface area contributed by atoms with Gasteiger partial charge in [-0.15, -0.1) is 20.4 Å². The van der Waals surface area contributed by atoms with Crippen LogP contribution >= 0.6 is 31.9 Å². The largest absolute Gasteiger partial charge is 0.396 e. The highest BCUT2D eigenvalue weighted by Crippen LogP contribution is 2.28. The third-order valence-corrected chi connectivity index (χ3v) is 6.35. The first kappa shape index (κ1) is 27.2. The maximum Gasteiger partial charge on any atom is 0.273 e. The van der Waals surface area contributed by atoms with Crippen molar-refractivity contribution in [3.05, 3.63) is 56.7 Å². The molecule has 4 aromatic rings. The molecule has 0 fully saturated rings. The number of hydrogen-bond donors (Lipinski definition) is 4. The minimum Gasteiger partial charge on any atom is -0.396 e. The van der Waals surface area contributed by atoms with Crippen LogP contribution in [0.5, 0.6) is 0 Å². The fourth-order valence-corrected chi connectivity index (χ4v) is 4.10. The molecule has 0 radical (unpaired) electrons. The van der Waals surface area contributed by atoms with Crippen LogP contribution in [0.25, 0.3) is 21.8 Å². The van der Waals surface area contributed by atoms with Gasteiger partial charge in [-0.25, -0.2) is 0 Å². The Morgan fingerprint density at radius 1 is 0.722 bits per heavy atom. The van der Waals surface area contributed by atoms with E-state index in [-0.39, 0.29) is 23.2 Å². The Bertz CT molecular complexity index is 1310. The lowest BCUT2D eigenvalue weighted by Gasteiger charge is -2.08. The highest BCUT2D eigenvalue weighted by atomic mass is 79.9. The quantitative estimate of drug-likeness (QED) is 0.250. The first-order chi connectivity index (χ1) is 17.3. The van der Waals surface area contributed by atoms with E-state index in [0.717, 1.165) is 32.6 Å². The van der Waals surface area contributed by atoms with Crippen LogP contribution < -0.4 is 22.1 Å². The van der Waals surface area contributed by atoms with Crippen LogP contribution in [0.1, 0.15) is 47.7 Å². The van der Waals surface area contributed by atoms with E-state index in [1.165, 1.54) is 0 Å². The van der Waals surface area contributed by atoms with E-state index in [1.54, 1.807) is 0 Å². The number of nitrogens with two attached hydrogens (primary N) is 2. The summed E-state index contributed by atoms with van der Waals surface area (Å²) in [5, 5.41) is 22.8. The van der Waals surface area contributed by atoms with E-state index >= 15 is 0 Å². The number of aromatic nitrogens is 4. The van der Waals surface area contributed by atoms with Crippen molar-refractivity contribution in [2.75, 3.05) is 24.6 Å². The fourth-order valence-electron chi connectivity index (χ4n) is 3.21. The summed E-state index contributed by atoms with van der Waals surface area (Å²) in [6.07, 6.45) is 1.72. The van der Waals surface area contributed by atoms with Crippen LogP contribution in [0, 0.1) is 0 Å². The van der Waals surface area contributed by atoms with Gasteiger partial charge in [0, 0.05) is 32.8 Å². The molecule has 36 heavy (non-hydrogen) atoms. The van der Waals surface area contributed by atoms with Crippen molar-refractivity contribution >= 4 is 76.9 Å². The van der Waals surface area contributed by atoms with Crippen molar-refractivity contribution in [1.29, 1.82) is 0 Å². The van der Waals surface area contributed by atoms with Crippen molar-refractivity contribution in [1.82, 2.24) is 31.0 Å². The van der Waals surface area contributed by atoms with Gasteiger partial charge in [-0.3, -0.25) is 9.59 Å². The Kier molecular flexibility index (Phi) is 9.48. The fraction of sp³-hybridized carbons (Fsp3) is 0.250. The normalized spacial score (nSPS) is 10.6. The molecule has 2 amide bonds. The molecule has 2 aromatic carbocycles. The van der Waals surface area contributed by atoms with Crippen LogP contribution in [-0.2, 0) is 0 Å². The molecule has 0 aliphatic carbocycles. The van der Waals surface area contributed by atoms with Gasteiger partial charge in [-0.1, -0.05) is 38.1 Å². The Labute approximate surface area is 224 Å². The monoisotopic (exact) mass is 616 g/mol. The number of halogens is 2. The van der Waals surface area contributed by atoms with E-state index in [2.05, 4.69) is 62.9 Å². The summed E-state index contributed by atoms with van der Waals surface area (Å²) in [6.45, 7) is 5.15. The van der Waals surface area contributed by atoms with E-state index in [0.29, 0.717) is 35.5 Å². The molecule has 0 unspecified atom stereocenters. The molecule has 0 atom stereocenters. The Hall–Kier alpha value is -3.38. The number of rotatable bonds is 6. The number of carbonyl (C=O) groups is 2. The zero-order valence-corrected chi connectivity index (χ0v) is 23.0. The number of fused-ring (bicyclic) bond motifs is 2. The Balaban J connectivity index is 0.000000201. The van der Waals surface area contributed by atoms with Crippen LogP contribution in [-0.4, -0.2) is 45.3 Å². The van der Waals surface area contributed by atoms with Crippen molar-refractivity contribution < 1.29 is 9.59 Å². The van der Waals surface area contributed by atoms with Crippen LogP contribution in [0.3, 0.4) is 0 Å². The number of nitrogens with zero attached hydrogens (tertiary/aromatic N) is 4. The van der Waals surface area contributed by atoms with Crippen LogP contribution in [0.2, 0.25) is 0 Å². The molecule has 12 heteroatoms. The molecule has 0 bridgehead atoms. The van der Waals surface area contributed by atoms with Gasteiger partial charge in [0.25, 0.3) is 11.8 Å². The number of amides is 2. The average Bonchev–Trinajstić information content (AvgIpc) is 2.87. The lowest BCUT2D eigenvalue weighted by molar-refractivity contribution is 0.0940. The molecule has 4 rings (SSSR count). The first-order valence-corrected chi connectivity index (χ1v) is 12.9. The lowest BCUT2D eigenvalue weighted by Crippen LogP contribution is -2.26. The van der Waals surface area contributed by atoms with E-state index in [9.17, 15) is 9.59 Å². The molecule has 0 saturated heterocycles. The second kappa shape index (κ2) is 12.5. The molecule has 6 N–H and O–H groups in total. The number of nitrogen functional groups attached to an aromatic ring is 2. The molecule has 2 aromatic heterocycles. The summed E-state index contributed by atoms with van der Waals surface area (Å²) < 4.78 is 1.61. The van der Waals surface area contributed by atoms with Crippen molar-refractivity contribution in [2.24, 2.45) is 0 Å². The number of nitrogens with one attached hydrogen (secondary N) is 2. The standard InChI is InChI=1S/2C12H13BrN4O/c2*1-2-6-15-12(18)11-9(14)7-4-3-5-8(13)10(7)16-17-11/h2*3-5H,2,6H2,1H3,(H2,14,16)(H,15,18). The van der Waals surface area contributed by atoms with Crippen LogP contribution in [0.4, 0.5) is 11.4 Å². The minimum atomic E-state index is -0.288. The molecule has 0 aliphatic rings. The summed E-state index contributed by atoms with van der Waals surface area (Å²) in [4.78, 5) is 23.7. The average molecular weight is 618 g/mol. The molecule has 0 spiro atoms. The van der Waals surface area contributed by atoms with Gasteiger partial charge in [0.15, 0.2) is 11.4 Å². The summed E-state index contributed by atoms with van der Waals surface area (Å²) in [7, 11) is 0. The van der Waals surface area contributed by atoms with Crippen molar-refractivity contribution in [2.45, 2.75) is 26.7 Å². The van der Waals surface area contributed by atoms with Gasteiger partial charge in [-0.2, -0.15) is 0 Å². The highest BCUT2D eigenvalue weighted by Gasteiger charge is 2.16. The molecule has 188 valence electrons. The first-order valence-electron chi connectivity index (χ1n) is 11.3. The second-order valence-electron chi connectivity index (χ2n) is 7.71. The summed E-state index contributed by atoms with van der Waals surface area (Å²) in [5.74, 6) is -0.576. The van der Waals surface area contributed by atoms with Crippen molar-refractivity contribution in [3.8, 4) is 0 Å². The summed E-state index contributed by atoms with van der Waals surface area (Å²) in [5.41, 5.74) is 14.3. The number of hydrogen-bond acceptors (Lipinski definition) is 8. The van der Waals surface area contributed by atoms with Crippen molar-refractivity contribution in [3.63, 3.8) is 0 Å². The zero-order valence-electron chi connectivity index (χ0n) is 19.8. The van der Waals surface area contributed by atoms with Gasteiger partial charge < -0.3 is 22.1 Å². The molecule has 2 heterocycles. The highest BCUT2D eigenvalue weighted by molar-refractivity contribution is 9.11. The summed E-state index contributed by atoms with van der Waals surface area (Å²) >= 11 is 6.75. The molecular weight excluding hydrogens is 592 g/mol. The Morgan fingerprint density at radius 3 is 1.47 bits per heavy atom. The topological polar surface area (TPSA) is 162 Å². The van der Waals surface area contributed by atoms with E-state index < -0.39 is 0 Å². The summed E-state index contributed by atoms with van der Waals surface area (Å²) in [6, 6.07) is 11.0. The molecular formula is C24H26Br2N8O2. The second-order valence-corrected chi connectivity index (χ2v) is 9.42. The van der Waals surface area contributed by atoms with Gasteiger partial charge in [0.05, 0.1) is 11.4 Å². The third kappa shape index (κ3) is 6.05. The SMILES string of the molecule is CCCNC(=O)c1nnc2c(Br)cccc2c1N.CCCNC(=O)c1nnc2c(Br)cccc2c1N. The maximum absolute atomic E-state index is 11.8. The minimum absolute atomic E-state index is 0.175. The van der Waals surface area contributed by atoms with E-state index in [4.69, 9.17) is 11.5 Å². The predicted molar refractivity (Wildman–Crippen MR) is 149 cm³/mol. The number of carbonyl (C=O) groups excluding carboxylic acids is 2. The van der Waals surface area contributed by atoms with Gasteiger partial charge in [0.1, 0.15) is 11.0 Å². The zero-order chi connectivity index (χ0) is 26.2. The van der Waals surface area contributed by atoms with E-state index in [1.807, 2.05) is 50.2 Å². The number of benzene rings is 2. The van der Waals surface area contributed by atoms with Crippen LogP contribution in [0.15, 0.2) is 45.3 Å².